The van der Waals surface area contributed by atoms with E-state index >= 15 is 0 Å². The number of halogens is 1. The summed E-state index contributed by atoms with van der Waals surface area (Å²) in [6.07, 6.45) is 1.68. The smallest absolute Gasteiger partial charge is 0.218 e. The standard InChI is InChI=1S/C11H12ClN3OS/c1-16-11-7(3-2-6-14-11)10(15-13)8-4-5-9(12)17-8/h2-6,10,15H,13H2,1H3. The van der Waals surface area contributed by atoms with Crippen LogP contribution >= 0.6 is 22.9 Å². The van der Waals surface area contributed by atoms with Gasteiger partial charge >= 0.3 is 0 Å². The molecule has 0 aliphatic carbocycles. The Hall–Kier alpha value is -1.14. The minimum atomic E-state index is -0.170. The van der Waals surface area contributed by atoms with Crippen molar-refractivity contribution in [2.45, 2.75) is 6.04 Å². The third-order valence-electron chi connectivity index (χ3n) is 2.35. The maximum atomic E-state index is 5.93. The number of hydrazine groups is 1. The highest BCUT2D eigenvalue weighted by molar-refractivity contribution is 7.16. The van der Waals surface area contributed by atoms with Gasteiger partial charge in [-0.05, 0) is 18.2 Å². The Morgan fingerprint density at radius 1 is 1.47 bits per heavy atom. The summed E-state index contributed by atoms with van der Waals surface area (Å²) < 4.78 is 5.95. The van der Waals surface area contributed by atoms with E-state index in [1.165, 1.54) is 11.3 Å². The molecule has 0 saturated carbocycles. The molecule has 6 heteroatoms. The summed E-state index contributed by atoms with van der Waals surface area (Å²) in [6.45, 7) is 0. The van der Waals surface area contributed by atoms with Crippen LogP contribution in [-0.4, -0.2) is 12.1 Å². The number of nitrogens with two attached hydrogens (primary N) is 1. The van der Waals surface area contributed by atoms with E-state index in [1.807, 2.05) is 24.3 Å². The van der Waals surface area contributed by atoms with Gasteiger partial charge in [0.05, 0.1) is 17.5 Å². The Morgan fingerprint density at radius 3 is 2.88 bits per heavy atom. The number of rotatable bonds is 4. The maximum absolute atomic E-state index is 5.93. The van der Waals surface area contributed by atoms with E-state index in [1.54, 1.807) is 13.3 Å². The normalized spacial score (nSPS) is 12.4. The molecule has 1 unspecified atom stereocenters. The van der Waals surface area contributed by atoms with Gasteiger partial charge in [0.1, 0.15) is 0 Å². The zero-order valence-electron chi connectivity index (χ0n) is 9.18. The molecular weight excluding hydrogens is 258 g/mol. The topological polar surface area (TPSA) is 60.2 Å². The number of ether oxygens (including phenoxy) is 1. The Balaban J connectivity index is 2.41. The number of methoxy groups -OCH3 is 1. The van der Waals surface area contributed by atoms with Crippen molar-refractivity contribution in [2.75, 3.05) is 7.11 Å². The highest BCUT2D eigenvalue weighted by Gasteiger charge is 2.19. The van der Waals surface area contributed by atoms with Crippen molar-refractivity contribution >= 4 is 22.9 Å². The van der Waals surface area contributed by atoms with Gasteiger partial charge in [0.25, 0.3) is 0 Å². The molecule has 0 fully saturated rings. The first-order chi connectivity index (χ1) is 8.26. The van der Waals surface area contributed by atoms with Crippen LogP contribution in [0.1, 0.15) is 16.5 Å². The lowest BCUT2D eigenvalue weighted by molar-refractivity contribution is 0.387. The second-order valence-corrected chi connectivity index (χ2v) is 5.09. The minimum Gasteiger partial charge on any atom is -0.481 e. The molecule has 2 aromatic heterocycles. The van der Waals surface area contributed by atoms with Crippen LogP contribution in [0.15, 0.2) is 30.5 Å². The summed E-state index contributed by atoms with van der Waals surface area (Å²) in [5.41, 5.74) is 3.64. The minimum absolute atomic E-state index is 0.170. The van der Waals surface area contributed by atoms with Gasteiger partial charge in [0.15, 0.2) is 0 Å². The van der Waals surface area contributed by atoms with Gasteiger partial charge in [-0.3, -0.25) is 5.84 Å². The summed E-state index contributed by atoms with van der Waals surface area (Å²) in [7, 11) is 1.58. The lowest BCUT2D eigenvalue weighted by atomic mass is 10.1. The third kappa shape index (κ3) is 2.58. The van der Waals surface area contributed by atoms with Crippen LogP contribution in [0, 0.1) is 0 Å². The first kappa shape index (κ1) is 12.3. The van der Waals surface area contributed by atoms with Gasteiger partial charge in [-0.15, -0.1) is 11.3 Å². The molecule has 3 N–H and O–H groups in total. The molecule has 0 bridgehead atoms. The monoisotopic (exact) mass is 269 g/mol. The summed E-state index contributed by atoms with van der Waals surface area (Å²) in [6, 6.07) is 7.37. The molecule has 17 heavy (non-hydrogen) atoms. The van der Waals surface area contributed by atoms with E-state index in [2.05, 4.69) is 10.4 Å². The fourth-order valence-corrected chi connectivity index (χ4v) is 2.74. The highest BCUT2D eigenvalue weighted by Crippen LogP contribution is 2.33. The molecule has 0 amide bonds. The van der Waals surface area contributed by atoms with Gasteiger partial charge in [0, 0.05) is 16.6 Å². The van der Waals surface area contributed by atoms with Crippen LogP contribution in [0.4, 0.5) is 0 Å². The van der Waals surface area contributed by atoms with Crippen molar-refractivity contribution in [1.82, 2.24) is 10.4 Å². The van der Waals surface area contributed by atoms with Crippen molar-refractivity contribution in [2.24, 2.45) is 5.84 Å². The van der Waals surface area contributed by atoms with Gasteiger partial charge in [-0.2, -0.15) is 0 Å². The van der Waals surface area contributed by atoms with E-state index in [4.69, 9.17) is 22.2 Å². The summed E-state index contributed by atoms with van der Waals surface area (Å²) in [5, 5.41) is 0. The quantitative estimate of drug-likeness (QED) is 0.661. The van der Waals surface area contributed by atoms with Crippen molar-refractivity contribution in [3.05, 3.63) is 45.2 Å². The number of aromatic nitrogens is 1. The zero-order chi connectivity index (χ0) is 12.3. The number of nitrogens with zero attached hydrogens (tertiary/aromatic N) is 1. The fraction of sp³-hybridized carbons (Fsp3) is 0.182. The molecule has 2 heterocycles. The fourth-order valence-electron chi connectivity index (χ4n) is 1.60. The molecule has 90 valence electrons. The SMILES string of the molecule is COc1ncccc1C(NN)c1ccc(Cl)s1. The molecule has 4 nitrogen and oxygen atoms in total. The molecule has 0 aliphatic heterocycles. The Bertz CT molecular complexity index is 503. The first-order valence-corrected chi connectivity index (χ1v) is 6.16. The average molecular weight is 270 g/mol. The molecule has 0 saturated heterocycles. The van der Waals surface area contributed by atoms with Gasteiger partial charge < -0.3 is 4.74 Å². The van der Waals surface area contributed by atoms with E-state index in [0.717, 1.165) is 14.8 Å². The number of nitrogens with one attached hydrogen (secondary N) is 1. The zero-order valence-corrected chi connectivity index (χ0v) is 10.8. The molecule has 2 rings (SSSR count). The van der Waals surface area contributed by atoms with Crippen LogP contribution in [0.2, 0.25) is 4.34 Å². The Labute approximate surface area is 108 Å². The Kier molecular flexibility index (Phi) is 3.96. The highest BCUT2D eigenvalue weighted by atomic mass is 35.5. The van der Waals surface area contributed by atoms with Gasteiger partial charge in [0.2, 0.25) is 5.88 Å². The molecule has 0 spiro atoms. The Morgan fingerprint density at radius 2 is 2.29 bits per heavy atom. The van der Waals surface area contributed by atoms with Gasteiger partial charge in [-0.1, -0.05) is 17.7 Å². The van der Waals surface area contributed by atoms with E-state index in [9.17, 15) is 0 Å². The van der Waals surface area contributed by atoms with Crippen LogP contribution in [0.25, 0.3) is 0 Å². The number of hydrogen-bond acceptors (Lipinski definition) is 5. The van der Waals surface area contributed by atoms with Crippen LogP contribution in [0.5, 0.6) is 5.88 Å². The number of hydrogen-bond donors (Lipinski definition) is 2. The molecule has 1 atom stereocenters. The lowest BCUT2D eigenvalue weighted by Gasteiger charge is -2.16. The van der Waals surface area contributed by atoms with Crippen molar-refractivity contribution < 1.29 is 4.74 Å². The first-order valence-electron chi connectivity index (χ1n) is 4.96. The second-order valence-electron chi connectivity index (χ2n) is 3.34. The average Bonchev–Trinajstić information content (AvgIpc) is 2.77. The lowest BCUT2D eigenvalue weighted by Crippen LogP contribution is -2.28. The number of pyridine rings is 1. The van der Waals surface area contributed by atoms with Crippen molar-refractivity contribution in [3.63, 3.8) is 0 Å². The van der Waals surface area contributed by atoms with E-state index in [0.29, 0.717) is 5.88 Å². The largest absolute Gasteiger partial charge is 0.481 e. The number of thiophene rings is 1. The molecule has 0 aliphatic rings. The van der Waals surface area contributed by atoms with Crippen molar-refractivity contribution in [3.8, 4) is 5.88 Å². The van der Waals surface area contributed by atoms with E-state index < -0.39 is 0 Å². The molecular formula is C11H12ClN3OS. The van der Waals surface area contributed by atoms with E-state index in [-0.39, 0.29) is 6.04 Å². The van der Waals surface area contributed by atoms with Crippen LogP contribution < -0.4 is 16.0 Å². The second kappa shape index (κ2) is 5.46. The predicted molar refractivity (Wildman–Crippen MR) is 69.3 cm³/mol. The summed E-state index contributed by atoms with van der Waals surface area (Å²) in [5.74, 6) is 6.16. The summed E-state index contributed by atoms with van der Waals surface area (Å²) >= 11 is 7.40. The molecule has 0 radical (unpaired) electrons. The summed E-state index contributed by atoms with van der Waals surface area (Å²) in [4.78, 5) is 5.17. The van der Waals surface area contributed by atoms with Crippen LogP contribution in [-0.2, 0) is 0 Å². The maximum Gasteiger partial charge on any atom is 0.218 e. The van der Waals surface area contributed by atoms with Gasteiger partial charge in [-0.25, -0.2) is 10.4 Å². The third-order valence-corrected chi connectivity index (χ3v) is 3.65. The van der Waals surface area contributed by atoms with Crippen molar-refractivity contribution in [1.29, 1.82) is 0 Å². The predicted octanol–water partition coefficient (Wildman–Crippen LogP) is 2.36. The molecule has 2 aromatic rings. The van der Waals surface area contributed by atoms with Crippen LogP contribution in [0.3, 0.4) is 0 Å². The molecule has 0 aromatic carbocycles.